The zero-order chi connectivity index (χ0) is 15.7. The second-order valence-electron chi connectivity index (χ2n) is 5.61. The lowest BCUT2D eigenvalue weighted by molar-refractivity contribution is -0.741. The fraction of sp³-hybridized carbons (Fsp3) is 0.400. The van der Waals surface area contributed by atoms with E-state index in [1.807, 2.05) is 11.9 Å². The highest BCUT2D eigenvalue weighted by atomic mass is 35.5. The van der Waals surface area contributed by atoms with Gasteiger partial charge in [0.05, 0.1) is 5.39 Å². The van der Waals surface area contributed by atoms with Gasteiger partial charge in [-0.1, -0.05) is 11.6 Å². The molecular formula is C15H18ClN4O2+. The summed E-state index contributed by atoms with van der Waals surface area (Å²) in [6.07, 6.45) is 1.41. The van der Waals surface area contributed by atoms with Gasteiger partial charge in [0, 0.05) is 31.2 Å². The molecule has 1 aromatic heterocycles. The molecule has 7 heteroatoms. The smallest absolute Gasteiger partial charge is 0.291 e. The number of fused-ring (bicyclic) bond motifs is 1. The van der Waals surface area contributed by atoms with E-state index in [-0.39, 0.29) is 17.9 Å². The van der Waals surface area contributed by atoms with Gasteiger partial charge in [-0.3, -0.25) is 9.59 Å². The van der Waals surface area contributed by atoms with Crippen LogP contribution in [0.2, 0.25) is 5.02 Å². The molecule has 0 spiro atoms. The molecule has 6 nitrogen and oxygen atoms in total. The van der Waals surface area contributed by atoms with E-state index in [4.69, 9.17) is 11.6 Å². The highest BCUT2D eigenvalue weighted by molar-refractivity contribution is 6.31. The molecule has 1 aromatic carbocycles. The van der Waals surface area contributed by atoms with E-state index in [0.717, 1.165) is 26.2 Å². The molecule has 0 aliphatic carbocycles. The van der Waals surface area contributed by atoms with Crippen molar-refractivity contribution in [1.29, 1.82) is 0 Å². The summed E-state index contributed by atoms with van der Waals surface area (Å²) in [7, 11) is 2.04. The van der Waals surface area contributed by atoms with Crippen LogP contribution in [0.3, 0.4) is 0 Å². The first-order valence-corrected chi connectivity index (χ1v) is 7.59. The molecule has 1 N–H and O–H groups in total. The zero-order valence-corrected chi connectivity index (χ0v) is 13.1. The number of benzene rings is 1. The van der Waals surface area contributed by atoms with Gasteiger partial charge in [0.15, 0.2) is 0 Å². The first-order valence-electron chi connectivity index (χ1n) is 7.21. The zero-order valence-electron chi connectivity index (χ0n) is 12.4. The summed E-state index contributed by atoms with van der Waals surface area (Å²) in [5.74, 6) is 0.0158. The molecule has 2 aromatic rings. The maximum absolute atomic E-state index is 12.3. The van der Waals surface area contributed by atoms with Crippen molar-refractivity contribution >= 4 is 28.4 Å². The number of hydrogen-bond acceptors (Lipinski definition) is 3. The van der Waals surface area contributed by atoms with E-state index < -0.39 is 0 Å². The molecule has 116 valence electrons. The molecule has 0 radical (unpaired) electrons. The minimum atomic E-state index is -0.151. The van der Waals surface area contributed by atoms with Crippen LogP contribution in [-0.2, 0) is 11.3 Å². The average Bonchev–Trinajstić information content (AvgIpc) is 2.49. The van der Waals surface area contributed by atoms with Gasteiger partial charge >= 0.3 is 0 Å². The van der Waals surface area contributed by atoms with Gasteiger partial charge in [-0.2, -0.15) is 5.10 Å². The number of hydrogen-bond donors (Lipinski definition) is 1. The summed E-state index contributed by atoms with van der Waals surface area (Å²) in [5.41, 5.74) is 0.519. The molecule has 0 bridgehead atoms. The third-order valence-corrected chi connectivity index (χ3v) is 4.18. The number of carbonyl (C=O) groups is 1. The number of halogens is 1. The molecule has 0 unspecified atom stereocenters. The molecule has 0 saturated carbocycles. The third kappa shape index (κ3) is 3.13. The highest BCUT2D eigenvalue weighted by Gasteiger charge is 2.22. The van der Waals surface area contributed by atoms with Gasteiger partial charge in [-0.25, -0.2) is 0 Å². The van der Waals surface area contributed by atoms with Crippen LogP contribution in [0.25, 0.3) is 10.9 Å². The molecule has 1 aliphatic heterocycles. The third-order valence-electron chi connectivity index (χ3n) is 3.95. The van der Waals surface area contributed by atoms with E-state index >= 15 is 0 Å². The van der Waals surface area contributed by atoms with Gasteiger partial charge in [-0.05, 0) is 25.2 Å². The molecule has 1 aliphatic rings. The minimum Gasteiger partial charge on any atom is -0.335 e. The molecule has 1 amide bonds. The fourth-order valence-electron chi connectivity index (χ4n) is 2.60. The van der Waals surface area contributed by atoms with Crippen molar-refractivity contribution in [2.45, 2.75) is 6.54 Å². The number of H-pyrrole nitrogens is 1. The van der Waals surface area contributed by atoms with Crippen molar-refractivity contribution in [3.63, 3.8) is 0 Å². The second-order valence-corrected chi connectivity index (χ2v) is 6.04. The lowest BCUT2D eigenvalue weighted by Crippen LogP contribution is -2.53. The van der Waals surface area contributed by atoms with Crippen LogP contribution >= 0.6 is 11.6 Å². The summed E-state index contributed by atoms with van der Waals surface area (Å²) in [5, 5.41) is 4.12. The first kappa shape index (κ1) is 15.0. The second kappa shape index (κ2) is 6.06. The van der Waals surface area contributed by atoms with Crippen LogP contribution in [0.1, 0.15) is 0 Å². The molecule has 0 atom stereocenters. The van der Waals surface area contributed by atoms with Gasteiger partial charge in [-0.15, -0.1) is 4.68 Å². The molecule has 1 fully saturated rings. The van der Waals surface area contributed by atoms with Crippen molar-refractivity contribution in [3.05, 3.63) is 39.6 Å². The van der Waals surface area contributed by atoms with Crippen molar-refractivity contribution < 1.29 is 9.48 Å². The molecule has 3 rings (SSSR count). The molecule has 2 heterocycles. The summed E-state index contributed by atoms with van der Waals surface area (Å²) >= 11 is 5.90. The quantitative estimate of drug-likeness (QED) is 0.806. The Morgan fingerprint density at radius 3 is 2.77 bits per heavy atom. The Kier molecular flexibility index (Phi) is 4.13. The standard InChI is InChI=1S/C15H17ClN4O2/c1-18-4-6-19(7-5-18)15(22)10-20-9-14(21)12-8-11(16)2-3-13(12)17-20/h2-3,8-9H,4-7,10H2,1H3/p+1. The van der Waals surface area contributed by atoms with Crippen LogP contribution in [0.5, 0.6) is 0 Å². The lowest BCUT2D eigenvalue weighted by Gasteiger charge is -2.31. The summed E-state index contributed by atoms with van der Waals surface area (Å²) in [6.45, 7) is 3.34. The SMILES string of the molecule is CN1CCN(C(=O)C[n+]2cc(=O)c3cc(Cl)ccc3[nH]2)CC1. The van der Waals surface area contributed by atoms with E-state index in [1.165, 1.54) is 6.20 Å². The Hall–Kier alpha value is -1.92. The van der Waals surface area contributed by atoms with Gasteiger partial charge in [0.25, 0.3) is 11.3 Å². The average molecular weight is 322 g/mol. The Bertz CT molecular complexity index is 766. The van der Waals surface area contributed by atoms with Gasteiger partial charge in [0.1, 0.15) is 5.52 Å². The van der Waals surface area contributed by atoms with Crippen LogP contribution < -0.4 is 10.1 Å². The molecule has 1 saturated heterocycles. The van der Waals surface area contributed by atoms with E-state index in [1.54, 1.807) is 22.9 Å². The first-order chi connectivity index (χ1) is 10.5. The van der Waals surface area contributed by atoms with Gasteiger partial charge in [0.2, 0.25) is 12.7 Å². The number of nitrogens with zero attached hydrogens (tertiary/aromatic N) is 3. The number of carbonyl (C=O) groups excluding carboxylic acids is 1. The van der Waals surface area contributed by atoms with Crippen LogP contribution in [-0.4, -0.2) is 54.0 Å². The van der Waals surface area contributed by atoms with E-state index in [9.17, 15) is 9.59 Å². The number of aromatic amines is 1. The maximum atomic E-state index is 12.3. The predicted molar refractivity (Wildman–Crippen MR) is 83.9 cm³/mol. The Labute approximate surface area is 132 Å². The minimum absolute atomic E-state index is 0.0158. The number of likely N-dealkylation sites (N-methyl/N-ethyl adjacent to an activating group) is 1. The fourth-order valence-corrected chi connectivity index (χ4v) is 2.77. The molecular weight excluding hydrogens is 304 g/mol. The summed E-state index contributed by atoms with van der Waals surface area (Å²) in [4.78, 5) is 28.5. The number of rotatable bonds is 2. The number of nitrogens with one attached hydrogen (secondary N) is 1. The maximum Gasteiger partial charge on any atom is 0.291 e. The lowest BCUT2D eigenvalue weighted by atomic mass is 10.2. The van der Waals surface area contributed by atoms with Crippen LogP contribution in [0.4, 0.5) is 0 Å². The molecule has 22 heavy (non-hydrogen) atoms. The monoisotopic (exact) mass is 321 g/mol. The Morgan fingerprint density at radius 1 is 1.32 bits per heavy atom. The Balaban J connectivity index is 1.80. The predicted octanol–water partition coefficient (Wildman–Crippen LogP) is 0.243. The van der Waals surface area contributed by atoms with Crippen molar-refractivity contribution in [1.82, 2.24) is 14.9 Å². The highest BCUT2D eigenvalue weighted by Crippen LogP contribution is 2.13. The largest absolute Gasteiger partial charge is 0.335 e. The van der Waals surface area contributed by atoms with E-state index in [0.29, 0.717) is 15.9 Å². The number of aromatic nitrogens is 2. The number of piperazine rings is 1. The van der Waals surface area contributed by atoms with E-state index in [2.05, 4.69) is 10.00 Å². The van der Waals surface area contributed by atoms with Crippen molar-refractivity contribution in [2.75, 3.05) is 33.2 Å². The van der Waals surface area contributed by atoms with Crippen LogP contribution in [0, 0.1) is 0 Å². The van der Waals surface area contributed by atoms with Gasteiger partial charge < -0.3 is 9.80 Å². The number of amides is 1. The normalized spacial score (nSPS) is 16.2. The topological polar surface area (TPSA) is 60.3 Å². The summed E-state index contributed by atoms with van der Waals surface area (Å²) < 4.78 is 1.54. The van der Waals surface area contributed by atoms with Crippen LogP contribution in [0.15, 0.2) is 29.2 Å². The van der Waals surface area contributed by atoms with Crippen molar-refractivity contribution in [2.24, 2.45) is 0 Å². The van der Waals surface area contributed by atoms with Crippen molar-refractivity contribution in [3.8, 4) is 0 Å². The summed E-state index contributed by atoms with van der Waals surface area (Å²) in [6, 6.07) is 5.09. The Morgan fingerprint density at radius 2 is 2.05 bits per heavy atom.